The van der Waals surface area contributed by atoms with E-state index in [9.17, 15) is 4.79 Å². The van der Waals surface area contributed by atoms with Crippen LogP contribution in [0.5, 0.6) is 0 Å². The normalized spacial score (nSPS) is 11.1. The van der Waals surface area contributed by atoms with Crippen LogP contribution in [0.3, 0.4) is 0 Å². The zero-order valence-electron chi connectivity index (χ0n) is 12.0. The van der Waals surface area contributed by atoms with Crippen LogP contribution in [-0.2, 0) is 11.3 Å². The second-order valence-corrected chi connectivity index (χ2v) is 4.99. The van der Waals surface area contributed by atoms with Crippen LogP contribution in [0.2, 0.25) is 0 Å². The summed E-state index contributed by atoms with van der Waals surface area (Å²) in [6, 6.07) is 7.61. The van der Waals surface area contributed by atoms with Crippen molar-refractivity contribution in [2.75, 3.05) is 46.1 Å². The quantitative estimate of drug-likeness (QED) is 0.756. The summed E-state index contributed by atoms with van der Waals surface area (Å²) in [6.45, 7) is 2.67. The first-order valence-electron chi connectivity index (χ1n) is 6.43. The molecule has 19 heavy (non-hydrogen) atoms. The third-order valence-electron chi connectivity index (χ3n) is 2.79. The number of nitrogens with two attached hydrogens (primary N) is 1. The summed E-state index contributed by atoms with van der Waals surface area (Å²) in [6.07, 6.45) is 0. The van der Waals surface area contributed by atoms with Gasteiger partial charge >= 0.3 is 0 Å². The molecule has 0 fully saturated rings. The van der Waals surface area contributed by atoms with Gasteiger partial charge in [-0.2, -0.15) is 0 Å². The van der Waals surface area contributed by atoms with Crippen LogP contribution < -0.4 is 11.1 Å². The molecule has 5 heteroatoms. The molecule has 1 amide bonds. The fourth-order valence-electron chi connectivity index (χ4n) is 1.67. The van der Waals surface area contributed by atoms with Crippen molar-refractivity contribution in [2.45, 2.75) is 6.54 Å². The van der Waals surface area contributed by atoms with E-state index in [1.807, 2.05) is 50.3 Å². The molecule has 1 aromatic carbocycles. The van der Waals surface area contributed by atoms with E-state index < -0.39 is 0 Å². The number of rotatable bonds is 7. The Labute approximate surface area is 115 Å². The smallest absolute Gasteiger partial charge is 0.238 e. The molecule has 0 saturated carbocycles. The summed E-state index contributed by atoms with van der Waals surface area (Å²) < 4.78 is 0. The highest BCUT2D eigenvalue weighted by Gasteiger charge is 2.07. The van der Waals surface area contributed by atoms with Gasteiger partial charge in [0.05, 0.1) is 6.54 Å². The molecule has 0 aliphatic carbocycles. The molecule has 1 rings (SSSR count). The van der Waals surface area contributed by atoms with Crippen molar-refractivity contribution in [3.8, 4) is 0 Å². The molecular formula is C14H24N4O. The maximum absolute atomic E-state index is 11.9. The van der Waals surface area contributed by atoms with Gasteiger partial charge in [0.15, 0.2) is 0 Å². The number of carbonyl (C=O) groups is 1. The molecule has 0 aliphatic rings. The number of likely N-dealkylation sites (N-methyl/N-ethyl adjacent to an activating group) is 2. The number of nitrogens with zero attached hydrogens (tertiary/aromatic N) is 2. The van der Waals surface area contributed by atoms with Gasteiger partial charge in [-0.1, -0.05) is 12.1 Å². The van der Waals surface area contributed by atoms with Crippen molar-refractivity contribution >= 4 is 11.6 Å². The third-order valence-corrected chi connectivity index (χ3v) is 2.79. The van der Waals surface area contributed by atoms with Crippen molar-refractivity contribution in [1.82, 2.24) is 9.80 Å². The molecule has 1 aromatic rings. The second kappa shape index (κ2) is 7.89. The SMILES string of the molecule is CN(C)CCN(C)CC(=O)Nc1cccc(CN)c1. The molecule has 0 aliphatic heterocycles. The number of carbonyl (C=O) groups excluding carboxylic acids is 1. The molecule has 0 unspecified atom stereocenters. The molecule has 0 spiro atoms. The molecule has 0 heterocycles. The Kier molecular flexibility index (Phi) is 6.49. The summed E-state index contributed by atoms with van der Waals surface area (Å²) in [5.41, 5.74) is 7.39. The van der Waals surface area contributed by atoms with Crippen LogP contribution in [0.4, 0.5) is 5.69 Å². The monoisotopic (exact) mass is 264 g/mol. The number of hydrogen-bond donors (Lipinski definition) is 2. The van der Waals surface area contributed by atoms with Gasteiger partial charge in [0.25, 0.3) is 0 Å². The van der Waals surface area contributed by atoms with Crippen LogP contribution in [0.25, 0.3) is 0 Å². The van der Waals surface area contributed by atoms with Crippen LogP contribution in [0.15, 0.2) is 24.3 Å². The number of nitrogens with one attached hydrogen (secondary N) is 1. The van der Waals surface area contributed by atoms with Gasteiger partial charge in [0.1, 0.15) is 0 Å². The lowest BCUT2D eigenvalue weighted by Gasteiger charge is -2.18. The molecular weight excluding hydrogens is 240 g/mol. The zero-order chi connectivity index (χ0) is 14.3. The molecule has 106 valence electrons. The average Bonchev–Trinajstić information content (AvgIpc) is 2.36. The number of amides is 1. The minimum absolute atomic E-state index is 0.00423. The maximum atomic E-state index is 11.9. The van der Waals surface area contributed by atoms with Gasteiger partial charge in [0.2, 0.25) is 5.91 Å². The van der Waals surface area contributed by atoms with Crippen molar-refractivity contribution < 1.29 is 4.79 Å². The van der Waals surface area contributed by atoms with Crippen molar-refractivity contribution in [3.05, 3.63) is 29.8 Å². The lowest BCUT2D eigenvalue weighted by atomic mass is 10.2. The van der Waals surface area contributed by atoms with E-state index in [1.54, 1.807) is 0 Å². The third kappa shape index (κ3) is 6.33. The number of anilines is 1. The first-order valence-corrected chi connectivity index (χ1v) is 6.43. The summed E-state index contributed by atoms with van der Waals surface area (Å²) in [5.74, 6) is -0.00423. The van der Waals surface area contributed by atoms with Crippen LogP contribution >= 0.6 is 0 Å². The number of hydrogen-bond acceptors (Lipinski definition) is 4. The van der Waals surface area contributed by atoms with Crippen molar-refractivity contribution in [1.29, 1.82) is 0 Å². The average molecular weight is 264 g/mol. The predicted molar refractivity (Wildman–Crippen MR) is 79.0 cm³/mol. The highest BCUT2D eigenvalue weighted by Crippen LogP contribution is 2.09. The second-order valence-electron chi connectivity index (χ2n) is 4.99. The molecule has 3 N–H and O–H groups in total. The molecule has 0 atom stereocenters. The first-order chi connectivity index (χ1) is 9.01. The predicted octanol–water partition coefficient (Wildman–Crippen LogP) is 0.577. The minimum Gasteiger partial charge on any atom is -0.326 e. The lowest BCUT2D eigenvalue weighted by molar-refractivity contribution is -0.117. The Morgan fingerprint density at radius 3 is 2.63 bits per heavy atom. The lowest BCUT2D eigenvalue weighted by Crippen LogP contribution is -2.34. The Morgan fingerprint density at radius 1 is 1.26 bits per heavy atom. The summed E-state index contributed by atoms with van der Waals surface area (Å²) >= 11 is 0. The van der Waals surface area contributed by atoms with Crippen LogP contribution in [0, 0.1) is 0 Å². The van der Waals surface area contributed by atoms with E-state index in [0.29, 0.717) is 13.1 Å². The van der Waals surface area contributed by atoms with Gasteiger partial charge in [-0.3, -0.25) is 9.69 Å². The Balaban J connectivity index is 2.41. The van der Waals surface area contributed by atoms with Gasteiger partial charge < -0.3 is 16.0 Å². The fourth-order valence-corrected chi connectivity index (χ4v) is 1.67. The summed E-state index contributed by atoms with van der Waals surface area (Å²) in [5, 5.41) is 2.89. The van der Waals surface area contributed by atoms with Crippen LogP contribution in [0.1, 0.15) is 5.56 Å². The van der Waals surface area contributed by atoms with Crippen molar-refractivity contribution in [2.24, 2.45) is 5.73 Å². The van der Waals surface area contributed by atoms with E-state index in [1.165, 1.54) is 0 Å². The zero-order valence-corrected chi connectivity index (χ0v) is 12.0. The van der Waals surface area contributed by atoms with Crippen LogP contribution in [-0.4, -0.2) is 56.5 Å². The van der Waals surface area contributed by atoms with Crippen molar-refractivity contribution in [3.63, 3.8) is 0 Å². The maximum Gasteiger partial charge on any atom is 0.238 e. The Bertz CT molecular complexity index is 406. The van der Waals surface area contributed by atoms with Gasteiger partial charge in [-0.25, -0.2) is 0 Å². The van der Waals surface area contributed by atoms with Gasteiger partial charge in [-0.15, -0.1) is 0 Å². The highest BCUT2D eigenvalue weighted by atomic mass is 16.2. The number of benzene rings is 1. The van der Waals surface area contributed by atoms with E-state index in [-0.39, 0.29) is 5.91 Å². The van der Waals surface area contributed by atoms with E-state index in [4.69, 9.17) is 5.73 Å². The highest BCUT2D eigenvalue weighted by molar-refractivity contribution is 5.92. The molecule has 0 bridgehead atoms. The summed E-state index contributed by atoms with van der Waals surface area (Å²) in [4.78, 5) is 16.0. The van der Waals surface area contributed by atoms with E-state index in [0.717, 1.165) is 24.3 Å². The minimum atomic E-state index is -0.00423. The molecule has 0 aromatic heterocycles. The van der Waals surface area contributed by atoms with Gasteiger partial charge in [0, 0.05) is 25.3 Å². The molecule has 0 radical (unpaired) electrons. The topological polar surface area (TPSA) is 61.6 Å². The fraction of sp³-hybridized carbons (Fsp3) is 0.500. The first kappa shape index (κ1) is 15.6. The molecule has 0 saturated heterocycles. The Hall–Kier alpha value is -1.43. The summed E-state index contributed by atoms with van der Waals surface area (Å²) in [7, 11) is 5.98. The van der Waals surface area contributed by atoms with E-state index in [2.05, 4.69) is 10.2 Å². The van der Waals surface area contributed by atoms with Gasteiger partial charge in [-0.05, 0) is 38.8 Å². The van der Waals surface area contributed by atoms with E-state index >= 15 is 0 Å². The Morgan fingerprint density at radius 2 is 2.00 bits per heavy atom. The standard InChI is InChI=1S/C14H24N4O/c1-17(2)7-8-18(3)11-14(19)16-13-6-4-5-12(9-13)10-15/h4-6,9H,7-8,10-11,15H2,1-3H3,(H,16,19). The molecule has 5 nitrogen and oxygen atoms in total. The largest absolute Gasteiger partial charge is 0.326 e.